The number of rotatable bonds is 10. The Balaban J connectivity index is 1.98. The quantitative estimate of drug-likeness (QED) is 0.625. The van der Waals surface area contributed by atoms with Crippen LogP contribution in [0.4, 0.5) is 5.69 Å². The summed E-state index contributed by atoms with van der Waals surface area (Å²) in [6, 6.07) is 10.5. The molecule has 0 amide bonds. The summed E-state index contributed by atoms with van der Waals surface area (Å²) in [6.07, 6.45) is 4.37. The van der Waals surface area contributed by atoms with Crippen LogP contribution in [0.25, 0.3) is 0 Å². The zero-order chi connectivity index (χ0) is 13.1. The molecule has 1 aromatic carbocycles. The number of para-hydroxylation sites is 1. The van der Waals surface area contributed by atoms with Crippen LogP contribution in [0.2, 0.25) is 0 Å². The van der Waals surface area contributed by atoms with Crippen LogP contribution in [-0.4, -0.2) is 38.4 Å². The Morgan fingerprint density at radius 1 is 1.00 bits per heavy atom. The molecule has 0 bridgehead atoms. The fourth-order valence-electron chi connectivity index (χ4n) is 1.92. The summed E-state index contributed by atoms with van der Waals surface area (Å²) in [5.41, 5.74) is 1.28. The van der Waals surface area contributed by atoms with Crippen molar-refractivity contribution in [2.45, 2.75) is 25.7 Å². The van der Waals surface area contributed by atoms with Crippen LogP contribution in [0, 0.1) is 0 Å². The fraction of sp³-hybridized carbons (Fsp3) is 0.600. The lowest BCUT2D eigenvalue weighted by Crippen LogP contribution is -2.24. The molecule has 102 valence electrons. The number of hydrogen-bond donors (Lipinski definition) is 2. The minimum absolute atomic E-state index is 0.321. The molecule has 0 atom stereocenters. The molecule has 0 radical (unpaired) electrons. The van der Waals surface area contributed by atoms with Crippen molar-refractivity contribution in [3.05, 3.63) is 30.3 Å². The zero-order valence-electron chi connectivity index (χ0n) is 11.4. The number of nitrogens with one attached hydrogen (secondary N) is 1. The van der Waals surface area contributed by atoms with Crippen LogP contribution in [0.3, 0.4) is 0 Å². The van der Waals surface area contributed by atoms with Gasteiger partial charge in [0.15, 0.2) is 0 Å². The SMILES string of the molecule is CN(CCCNCCCCCO)c1ccccc1. The van der Waals surface area contributed by atoms with E-state index < -0.39 is 0 Å². The summed E-state index contributed by atoms with van der Waals surface area (Å²) >= 11 is 0. The van der Waals surface area contributed by atoms with E-state index in [1.54, 1.807) is 0 Å². The summed E-state index contributed by atoms with van der Waals surface area (Å²) in [7, 11) is 2.14. The maximum Gasteiger partial charge on any atom is 0.0431 e. The van der Waals surface area contributed by atoms with Crippen molar-refractivity contribution in [1.29, 1.82) is 0 Å². The third-order valence-electron chi connectivity index (χ3n) is 3.06. The normalized spacial score (nSPS) is 10.6. The van der Waals surface area contributed by atoms with Crippen LogP contribution in [0.15, 0.2) is 30.3 Å². The highest BCUT2D eigenvalue weighted by molar-refractivity contribution is 5.44. The van der Waals surface area contributed by atoms with Gasteiger partial charge in [-0.25, -0.2) is 0 Å². The molecule has 3 nitrogen and oxygen atoms in total. The lowest BCUT2D eigenvalue weighted by Gasteiger charge is -2.19. The average molecular weight is 250 g/mol. The molecular formula is C15H26N2O. The van der Waals surface area contributed by atoms with Crippen molar-refractivity contribution in [3.63, 3.8) is 0 Å². The minimum atomic E-state index is 0.321. The summed E-state index contributed by atoms with van der Waals surface area (Å²) in [5, 5.41) is 12.1. The molecule has 0 aromatic heterocycles. The second-order valence-electron chi connectivity index (χ2n) is 4.64. The van der Waals surface area contributed by atoms with E-state index in [4.69, 9.17) is 5.11 Å². The van der Waals surface area contributed by atoms with Gasteiger partial charge < -0.3 is 15.3 Å². The highest BCUT2D eigenvalue weighted by Crippen LogP contribution is 2.10. The van der Waals surface area contributed by atoms with E-state index in [-0.39, 0.29) is 0 Å². The minimum Gasteiger partial charge on any atom is -0.396 e. The van der Waals surface area contributed by atoms with E-state index in [1.807, 2.05) is 6.07 Å². The largest absolute Gasteiger partial charge is 0.396 e. The molecule has 0 saturated heterocycles. The Labute approximate surface area is 111 Å². The third-order valence-corrected chi connectivity index (χ3v) is 3.06. The van der Waals surface area contributed by atoms with Gasteiger partial charge in [0.1, 0.15) is 0 Å². The van der Waals surface area contributed by atoms with Crippen molar-refractivity contribution in [2.75, 3.05) is 38.2 Å². The maximum absolute atomic E-state index is 8.65. The average Bonchev–Trinajstić information content (AvgIpc) is 2.42. The Kier molecular flexibility index (Phi) is 8.26. The highest BCUT2D eigenvalue weighted by atomic mass is 16.2. The van der Waals surface area contributed by atoms with E-state index in [0.717, 1.165) is 45.3 Å². The van der Waals surface area contributed by atoms with Crippen molar-refractivity contribution < 1.29 is 5.11 Å². The van der Waals surface area contributed by atoms with Crippen molar-refractivity contribution in [1.82, 2.24) is 5.32 Å². The van der Waals surface area contributed by atoms with Crippen LogP contribution < -0.4 is 10.2 Å². The molecule has 0 aliphatic carbocycles. The molecule has 2 N–H and O–H groups in total. The monoisotopic (exact) mass is 250 g/mol. The lowest BCUT2D eigenvalue weighted by molar-refractivity contribution is 0.283. The zero-order valence-corrected chi connectivity index (χ0v) is 11.4. The lowest BCUT2D eigenvalue weighted by atomic mass is 10.2. The van der Waals surface area contributed by atoms with Gasteiger partial charge in [-0.15, -0.1) is 0 Å². The summed E-state index contributed by atoms with van der Waals surface area (Å²) in [5.74, 6) is 0. The number of aliphatic hydroxyl groups excluding tert-OH is 1. The molecule has 0 heterocycles. The number of aliphatic hydroxyl groups is 1. The Morgan fingerprint density at radius 2 is 1.72 bits per heavy atom. The van der Waals surface area contributed by atoms with E-state index >= 15 is 0 Å². The van der Waals surface area contributed by atoms with Crippen molar-refractivity contribution in [3.8, 4) is 0 Å². The van der Waals surface area contributed by atoms with Crippen molar-refractivity contribution >= 4 is 5.69 Å². The number of benzene rings is 1. The number of anilines is 1. The third kappa shape index (κ3) is 6.62. The smallest absolute Gasteiger partial charge is 0.0431 e. The molecule has 1 aromatic rings. The Bertz CT molecular complexity index is 290. The first-order valence-electron chi connectivity index (χ1n) is 6.92. The second kappa shape index (κ2) is 9.92. The molecule has 0 unspecified atom stereocenters. The van der Waals surface area contributed by atoms with Crippen LogP contribution >= 0.6 is 0 Å². The van der Waals surface area contributed by atoms with Crippen LogP contribution in [0.1, 0.15) is 25.7 Å². The fourth-order valence-corrected chi connectivity index (χ4v) is 1.92. The number of unbranched alkanes of at least 4 members (excludes halogenated alkanes) is 2. The first-order valence-corrected chi connectivity index (χ1v) is 6.92. The van der Waals surface area contributed by atoms with Crippen molar-refractivity contribution in [2.24, 2.45) is 0 Å². The maximum atomic E-state index is 8.65. The summed E-state index contributed by atoms with van der Waals surface area (Å²) in [4.78, 5) is 2.29. The molecule has 1 rings (SSSR count). The molecule has 0 fully saturated rings. The van der Waals surface area contributed by atoms with Gasteiger partial charge in [-0.05, 0) is 50.9 Å². The van der Waals surface area contributed by atoms with Gasteiger partial charge in [-0.3, -0.25) is 0 Å². The van der Waals surface area contributed by atoms with Gasteiger partial charge in [0.25, 0.3) is 0 Å². The van der Waals surface area contributed by atoms with E-state index in [9.17, 15) is 0 Å². The second-order valence-corrected chi connectivity index (χ2v) is 4.64. The predicted octanol–water partition coefficient (Wildman–Crippen LogP) is 2.27. The molecule has 0 spiro atoms. The molecule has 18 heavy (non-hydrogen) atoms. The number of nitrogens with zero attached hydrogens (tertiary/aromatic N) is 1. The van der Waals surface area contributed by atoms with E-state index in [1.165, 1.54) is 5.69 Å². The highest BCUT2D eigenvalue weighted by Gasteiger charge is 1.98. The molecular weight excluding hydrogens is 224 g/mol. The van der Waals surface area contributed by atoms with E-state index in [2.05, 4.69) is 41.5 Å². The standard InChI is InChI=1S/C15H26N2O/c1-17(15-9-4-2-5-10-15)13-8-12-16-11-6-3-7-14-18/h2,4-5,9-10,16,18H,3,6-8,11-14H2,1H3. The first-order chi connectivity index (χ1) is 8.84. The van der Waals surface area contributed by atoms with Gasteiger partial charge in [0.2, 0.25) is 0 Å². The summed E-state index contributed by atoms with van der Waals surface area (Å²) in [6.45, 7) is 3.53. The Hall–Kier alpha value is -1.06. The Morgan fingerprint density at radius 3 is 2.44 bits per heavy atom. The molecule has 0 aliphatic rings. The number of hydrogen-bond acceptors (Lipinski definition) is 3. The summed E-state index contributed by atoms with van der Waals surface area (Å²) < 4.78 is 0. The van der Waals surface area contributed by atoms with E-state index in [0.29, 0.717) is 6.61 Å². The predicted molar refractivity (Wildman–Crippen MR) is 78.1 cm³/mol. The van der Waals surface area contributed by atoms with Crippen LogP contribution in [-0.2, 0) is 0 Å². The van der Waals surface area contributed by atoms with Gasteiger partial charge in [0.05, 0.1) is 0 Å². The van der Waals surface area contributed by atoms with Gasteiger partial charge >= 0.3 is 0 Å². The molecule has 3 heteroatoms. The van der Waals surface area contributed by atoms with Gasteiger partial charge in [-0.2, -0.15) is 0 Å². The molecule has 0 saturated carbocycles. The van der Waals surface area contributed by atoms with Crippen LogP contribution in [0.5, 0.6) is 0 Å². The molecule has 0 aliphatic heterocycles. The topological polar surface area (TPSA) is 35.5 Å². The van der Waals surface area contributed by atoms with Gasteiger partial charge in [-0.1, -0.05) is 18.2 Å². The van der Waals surface area contributed by atoms with Gasteiger partial charge in [0, 0.05) is 25.9 Å². The first kappa shape index (κ1) is 15.0.